The molecule has 1 atom stereocenters. The number of aryl methyl sites for hydroxylation is 1. The van der Waals surface area contributed by atoms with Crippen molar-refractivity contribution >= 4 is 11.4 Å². The molecule has 92 valence electrons. The lowest BCUT2D eigenvalue weighted by molar-refractivity contribution is 0.600. The van der Waals surface area contributed by atoms with Crippen LogP contribution in [0.15, 0.2) is 48.5 Å². The van der Waals surface area contributed by atoms with Gasteiger partial charge in [0.05, 0.1) is 17.4 Å². The Balaban J connectivity index is 1.89. The molecule has 1 aliphatic rings. The van der Waals surface area contributed by atoms with Crippen LogP contribution in [0.3, 0.4) is 0 Å². The van der Waals surface area contributed by atoms with E-state index in [-0.39, 0.29) is 0 Å². The van der Waals surface area contributed by atoms with E-state index in [1.54, 1.807) is 0 Å². The molecule has 0 spiro atoms. The fraction of sp³-hybridized carbons (Fsp3) is 0.250. The highest BCUT2D eigenvalue weighted by Gasteiger charge is 2.19. The zero-order chi connectivity index (χ0) is 12.4. The number of nitrogen functional groups attached to an aromatic ring is 1. The lowest BCUT2D eigenvalue weighted by Gasteiger charge is -2.27. The van der Waals surface area contributed by atoms with E-state index in [1.807, 2.05) is 24.3 Å². The molecule has 0 bridgehead atoms. The van der Waals surface area contributed by atoms with Crippen LogP contribution < -0.4 is 11.1 Å². The Labute approximate surface area is 108 Å². The first kappa shape index (κ1) is 11.1. The highest BCUT2D eigenvalue weighted by atomic mass is 14.9. The van der Waals surface area contributed by atoms with Gasteiger partial charge in [-0.15, -0.1) is 0 Å². The van der Waals surface area contributed by atoms with Crippen molar-refractivity contribution in [2.45, 2.75) is 25.3 Å². The predicted octanol–water partition coefficient (Wildman–Crippen LogP) is 3.76. The molecular weight excluding hydrogens is 220 g/mol. The Bertz CT molecular complexity index is 548. The first-order chi connectivity index (χ1) is 8.84. The molecule has 2 aromatic carbocycles. The molecule has 0 saturated carbocycles. The minimum atomic E-state index is 0.389. The number of benzene rings is 2. The van der Waals surface area contributed by atoms with E-state index in [9.17, 15) is 0 Å². The molecule has 3 rings (SSSR count). The minimum Gasteiger partial charge on any atom is -0.397 e. The maximum Gasteiger partial charge on any atom is 0.0578 e. The van der Waals surface area contributed by atoms with Gasteiger partial charge in [0, 0.05) is 0 Å². The van der Waals surface area contributed by atoms with Crippen molar-refractivity contribution in [3.8, 4) is 0 Å². The van der Waals surface area contributed by atoms with Gasteiger partial charge in [-0.05, 0) is 42.5 Å². The molecule has 0 fully saturated rings. The summed E-state index contributed by atoms with van der Waals surface area (Å²) in [4.78, 5) is 0. The molecule has 0 aliphatic heterocycles. The Morgan fingerprint density at radius 3 is 2.67 bits per heavy atom. The highest BCUT2D eigenvalue weighted by molar-refractivity contribution is 5.66. The van der Waals surface area contributed by atoms with Gasteiger partial charge in [0.1, 0.15) is 0 Å². The van der Waals surface area contributed by atoms with Crippen molar-refractivity contribution in [2.24, 2.45) is 0 Å². The fourth-order valence-electron chi connectivity index (χ4n) is 2.72. The van der Waals surface area contributed by atoms with E-state index in [4.69, 9.17) is 5.73 Å². The summed E-state index contributed by atoms with van der Waals surface area (Å²) < 4.78 is 0. The Hall–Kier alpha value is -1.96. The SMILES string of the molecule is Nc1ccccc1NC1CCCc2ccccc21. The molecule has 0 aromatic heterocycles. The summed E-state index contributed by atoms with van der Waals surface area (Å²) in [6, 6.07) is 17.1. The summed E-state index contributed by atoms with van der Waals surface area (Å²) in [6.45, 7) is 0. The van der Waals surface area contributed by atoms with Gasteiger partial charge in [0.15, 0.2) is 0 Å². The first-order valence-electron chi connectivity index (χ1n) is 6.53. The number of hydrogen-bond donors (Lipinski definition) is 2. The van der Waals surface area contributed by atoms with Crippen molar-refractivity contribution in [1.82, 2.24) is 0 Å². The van der Waals surface area contributed by atoms with E-state index in [0.29, 0.717) is 6.04 Å². The third kappa shape index (κ3) is 2.06. The largest absolute Gasteiger partial charge is 0.397 e. The van der Waals surface area contributed by atoms with Gasteiger partial charge < -0.3 is 11.1 Å². The molecule has 3 N–H and O–H groups in total. The molecule has 2 nitrogen and oxygen atoms in total. The number of nitrogens with one attached hydrogen (secondary N) is 1. The summed E-state index contributed by atoms with van der Waals surface area (Å²) >= 11 is 0. The van der Waals surface area contributed by atoms with Gasteiger partial charge in [0.2, 0.25) is 0 Å². The maximum atomic E-state index is 6.00. The molecule has 0 saturated heterocycles. The minimum absolute atomic E-state index is 0.389. The molecule has 0 amide bonds. The molecule has 0 radical (unpaired) electrons. The molecule has 2 aromatic rings. The van der Waals surface area contributed by atoms with E-state index >= 15 is 0 Å². The summed E-state index contributed by atoms with van der Waals surface area (Å²) in [7, 11) is 0. The van der Waals surface area contributed by atoms with E-state index < -0.39 is 0 Å². The van der Waals surface area contributed by atoms with E-state index in [2.05, 4.69) is 29.6 Å². The average molecular weight is 238 g/mol. The normalized spacial score (nSPS) is 18.1. The second kappa shape index (κ2) is 4.73. The molecule has 2 heteroatoms. The summed E-state index contributed by atoms with van der Waals surface area (Å²) in [5.74, 6) is 0. The number of anilines is 2. The van der Waals surface area contributed by atoms with Crippen LogP contribution in [-0.4, -0.2) is 0 Å². The first-order valence-corrected chi connectivity index (χ1v) is 6.53. The van der Waals surface area contributed by atoms with Crippen LogP contribution in [0.5, 0.6) is 0 Å². The number of nitrogens with two attached hydrogens (primary N) is 1. The van der Waals surface area contributed by atoms with Crippen molar-refractivity contribution in [2.75, 3.05) is 11.1 Å². The van der Waals surface area contributed by atoms with Crippen molar-refractivity contribution in [3.63, 3.8) is 0 Å². The third-order valence-corrected chi connectivity index (χ3v) is 3.66. The smallest absolute Gasteiger partial charge is 0.0578 e. The molecular formula is C16H18N2. The van der Waals surface area contributed by atoms with Gasteiger partial charge in [-0.3, -0.25) is 0 Å². The maximum absolute atomic E-state index is 6.00. The van der Waals surface area contributed by atoms with E-state index in [1.165, 1.54) is 30.4 Å². The lowest BCUT2D eigenvalue weighted by Crippen LogP contribution is -2.17. The topological polar surface area (TPSA) is 38.0 Å². The zero-order valence-electron chi connectivity index (χ0n) is 10.4. The average Bonchev–Trinajstić information content (AvgIpc) is 2.42. The van der Waals surface area contributed by atoms with Gasteiger partial charge in [0.25, 0.3) is 0 Å². The lowest BCUT2D eigenvalue weighted by atomic mass is 9.87. The van der Waals surface area contributed by atoms with Crippen molar-refractivity contribution < 1.29 is 0 Å². The fourth-order valence-corrected chi connectivity index (χ4v) is 2.72. The molecule has 1 aliphatic carbocycles. The van der Waals surface area contributed by atoms with Crippen molar-refractivity contribution in [1.29, 1.82) is 0 Å². The summed E-state index contributed by atoms with van der Waals surface area (Å²) in [5.41, 5.74) is 10.7. The molecule has 18 heavy (non-hydrogen) atoms. The standard InChI is InChI=1S/C16H18N2/c17-14-9-3-4-10-16(14)18-15-11-5-7-12-6-1-2-8-13(12)15/h1-4,6,8-10,15,18H,5,7,11,17H2. The van der Waals surface area contributed by atoms with Gasteiger partial charge in [-0.25, -0.2) is 0 Å². The predicted molar refractivity (Wildman–Crippen MR) is 76.6 cm³/mol. The molecule has 1 unspecified atom stereocenters. The summed E-state index contributed by atoms with van der Waals surface area (Å²) in [5, 5.41) is 3.58. The highest BCUT2D eigenvalue weighted by Crippen LogP contribution is 2.33. The van der Waals surface area contributed by atoms with E-state index in [0.717, 1.165) is 11.4 Å². The monoisotopic (exact) mass is 238 g/mol. The second-order valence-electron chi connectivity index (χ2n) is 4.88. The van der Waals surface area contributed by atoms with Crippen LogP contribution in [-0.2, 0) is 6.42 Å². The number of fused-ring (bicyclic) bond motifs is 1. The van der Waals surface area contributed by atoms with Crippen molar-refractivity contribution in [3.05, 3.63) is 59.7 Å². The second-order valence-corrected chi connectivity index (χ2v) is 4.88. The summed E-state index contributed by atoms with van der Waals surface area (Å²) in [6.07, 6.45) is 3.60. The Morgan fingerprint density at radius 1 is 1.00 bits per heavy atom. The zero-order valence-corrected chi connectivity index (χ0v) is 10.4. The van der Waals surface area contributed by atoms with Crippen LogP contribution in [0.25, 0.3) is 0 Å². The Morgan fingerprint density at radius 2 is 1.78 bits per heavy atom. The Kier molecular flexibility index (Phi) is 2.93. The number of hydrogen-bond acceptors (Lipinski definition) is 2. The van der Waals surface area contributed by atoms with Crippen LogP contribution in [0.1, 0.15) is 30.0 Å². The number of rotatable bonds is 2. The third-order valence-electron chi connectivity index (χ3n) is 3.66. The van der Waals surface area contributed by atoms with Gasteiger partial charge >= 0.3 is 0 Å². The van der Waals surface area contributed by atoms with Crippen LogP contribution in [0, 0.1) is 0 Å². The van der Waals surface area contributed by atoms with Crippen LogP contribution in [0.4, 0.5) is 11.4 Å². The quantitative estimate of drug-likeness (QED) is 0.782. The van der Waals surface area contributed by atoms with Crippen LogP contribution >= 0.6 is 0 Å². The number of para-hydroxylation sites is 2. The van der Waals surface area contributed by atoms with Gasteiger partial charge in [-0.2, -0.15) is 0 Å². The van der Waals surface area contributed by atoms with Gasteiger partial charge in [-0.1, -0.05) is 36.4 Å². The van der Waals surface area contributed by atoms with Crippen LogP contribution in [0.2, 0.25) is 0 Å². The molecule has 0 heterocycles.